The van der Waals surface area contributed by atoms with E-state index in [1.54, 1.807) is 43.3 Å². The number of hydrogen-bond donors (Lipinski definition) is 3. The molecule has 5 N–H and O–H groups in total. The Morgan fingerprint density at radius 1 is 0.636 bits per heavy atom. The molecule has 346 valence electrons. The van der Waals surface area contributed by atoms with Crippen molar-refractivity contribution in [3.05, 3.63) is 118 Å². The quantitative estimate of drug-likeness (QED) is 0.0484. The number of carbonyl (C=O) groups excluding carboxylic acids is 4. The summed E-state index contributed by atoms with van der Waals surface area (Å²) in [6.45, 7) is 4.26. The summed E-state index contributed by atoms with van der Waals surface area (Å²) >= 11 is 0. The lowest BCUT2D eigenvalue weighted by Gasteiger charge is -2.28. The minimum atomic E-state index is -4.59. The molecule has 18 nitrogen and oxygen atoms in total. The Kier molecular flexibility index (Phi) is 14.9. The molecule has 0 atom stereocenters. The van der Waals surface area contributed by atoms with Crippen molar-refractivity contribution in [1.29, 1.82) is 0 Å². The van der Waals surface area contributed by atoms with Crippen LogP contribution < -0.4 is 50.6 Å². The number of ether oxygens (including phenoxy) is 7. The predicted molar refractivity (Wildman–Crippen MR) is 247 cm³/mol. The highest BCUT2D eigenvalue weighted by atomic mass is 32.2. The van der Waals surface area contributed by atoms with Gasteiger partial charge in [0.15, 0.2) is 10.6 Å². The molecule has 5 aromatic rings. The number of fused-ring (bicyclic) bond motifs is 2. The zero-order valence-corrected chi connectivity index (χ0v) is 37.7. The van der Waals surface area contributed by atoms with Crippen molar-refractivity contribution in [2.45, 2.75) is 11.8 Å². The third kappa shape index (κ3) is 10.5. The van der Waals surface area contributed by atoms with E-state index in [4.69, 9.17) is 44.6 Å². The zero-order chi connectivity index (χ0) is 47.7. The standard InChI is InChI=1S/C47H49N5O13S/c1-28-11-7-8-12-31(28)44-32-16-18-34(48)29(2)45(32)65-46-33(44)17-19-35(49)47(46)66(57,58)50-30-15-20-37(52(26-42(55)61-5)27-43(56)62-6)39(23-30)64-22-21-63-38-14-10-9-13-36(38)51(24-40(53)59-3)25-41(54)60-4/h7-20,23,50H,1,21-22,24-27,48-49H2,2-6H3. The fourth-order valence-corrected chi connectivity index (χ4v) is 8.44. The summed E-state index contributed by atoms with van der Waals surface area (Å²) in [6, 6.07) is 25.0. The van der Waals surface area contributed by atoms with Gasteiger partial charge in [-0.1, -0.05) is 43.0 Å². The van der Waals surface area contributed by atoms with Gasteiger partial charge in [-0.3, -0.25) is 23.9 Å². The predicted octanol–water partition coefficient (Wildman–Crippen LogP) is 3.49. The average molecular weight is 924 g/mol. The van der Waals surface area contributed by atoms with Crippen molar-refractivity contribution in [1.82, 2.24) is 0 Å². The van der Waals surface area contributed by atoms with Gasteiger partial charge < -0.3 is 54.4 Å². The van der Waals surface area contributed by atoms with Gasteiger partial charge in [0.25, 0.3) is 10.0 Å². The van der Waals surface area contributed by atoms with Gasteiger partial charge in [0.2, 0.25) is 0 Å². The van der Waals surface area contributed by atoms with E-state index in [1.165, 1.54) is 62.5 Å². The van der Waals surface area contributed by atoms with Crippen LogP contribution in [0, 0.1) is 6.92 Å². The third-order valence-corrected chi connectivity index (χ3v) is 11.9. The van der Waals surface area contributed by atoms with Gasteiger partial charge in [0, 0.05) is 34.0 Å². The Morgan fingerprint density at radius 3 is 1.71 bits per heavy atom. The molecule has 0 bridgehead atoms. The van der Waals surface area contributed by atoms with Crippen molar-refractivity contribution in [3.63, 3.8) is 0 Å². The molecule has 0 fully saturated rings. The van der Waals surface area contributed by atoms with E-state index < -0.39 is 47.0 Å². The fraction of sp³-hybridized carbons (Fsp3) is 0.234. The Bertz CT molecular complexity index is 2870. The van der Waals surface area contributed by atoms with Gasteiger partial charge in [0.1, 0.15) is 56.6 Å². The number of rotatable bonds is 18. The van der Waals surface area contributed by atoms with Crippen LogP contribution in [0.25, 0.3) is 12.2 Å². The number of carbonyl (C=O) groups is 4. The van der Waals surface area contributed by atoms with Crippen molar-refractivity contribution >= 4 is 74.5 Å². The van der Waals surface area contributed by atoms with Gasteiger partial charge in [-0.25, -0.2) is 8.42 Å². The highest BCUT2D eigenvalue weighted by Gasteiger charge is 2.34. The largest absolute Gasteiger partial charge is 0.488 e. The molecule has 0 saturated carbocycles. The lowest BCUT2D eigenvalue weighted by atomic mass is 9.89. The molecule has 0 unspecified atom stereocenters. The Hall–Kier alpha value is -7.93. The number of anilines is 5. The van der Waals surface area contributed by atoms with E-state index in [2.05, 4.69) is 11.3 Å². The number of nitrogens with two attached hydrogens (primary N) is 2. The van der Waals surface area contributed by atoms with Crippen LogP contribution in [0.5, 0.6) is 23.0 Å². The first-order valence-electron chi connectivity index (χ1n) is 20.2. The molecule has 0 aromatic heterocycles. The summed E-state index contributed by atoms with van der Waals surface area (Å²) < 4.78 is 70.1. The molecule has 0 spiro atoms. The summed E-state index contributed by atoms with van der Waals surface area (Å²) in [5, 5.41) is 1.43. The van der Waals surface area contributed by atoms with Crippen LogP contribution >= 0.6 is 0 Å². The second kappa shape index (κ2) is 20.7. The van der Waals surface area contributed by atoms with E-state index in [1.807, 2.05) is 30.3 Å². The van der Waals surface area contributed by atoms with Crippen molar-refractivity contribution < 1.29 is 60.8 Å². The maximum atomic E-state index is 14.7. The van der Waals surface area contributed by atoms with E-state index in [-0.39, 0.29) is 65.5 Å². The van der Waals surface area contributed by atoms with Crippen LogP contribution in [0.15, 0.2) is 95.9 Å². The Labute approximate surface area is 380 Å². The van der Waals surface area contributed by atoms with Crippen LogP contribution in [0.2, 0.25) is 0 Å². The van der Waals surface area contributed by atoms with Gasteiger partial charge in [0.05, 0.1) is 51.2 Å². The number of esters is 4. The van der Waals surface area contributed by atoms with Gasteiger partial charge in [-0.2, -0.15) is 0 Å². The Balaban J connectivity index is 1.38. The van der Waals surface area contributed by atoms with Gasteiger partial charge in [-0.15, -0.1) is 0 Å². The second-order valence-electron chi connectivity index (χ2n) is 14.6. The molecule has 6 rings (SSSR count). The highest BCUT2D eigenvalue weighted by Crippen LogP contribution is 2.49. The van der Waals surface area contributed by atoms with Crippen molar-refractivity contribution in [2.24, 2.45) is 0 Å². The SMILES string of the molecule is C=c1ccccc1=C1c2ccc(N)c(C)c2Oc2c1ccc(N)c2S(=O)(=O)Nc1ccc(N(CC(=O)OC)CC(=O)OC)c(OCCOc2ccccc2N(CC(=O)OC)CC(=O)OC)c1. The number of methoxy groups -OCH3 is 4. The first kappa shape index (κ1) is 47.5. The molecule has 0 radical (unpaired) electrons. The van der Waals surface area contributed by atoms with Crippen LogP contribution in [0.1, 0.15) is 16.7 Å². The minimum absolute atomic E-state index is 0.00157. The first-order valence-corrected chi connectivity index (χ1v) is 21.7. The highest BCUT2D eigenvalue weighted by molar-refractivity contribution is 7.93. The number of nitrogen functional groups attached to an aromatic ring is 2. The molecule has 1 aliphatic heterocycles. The minimum Gasteiger partial charge on any atom is -0.488 e. The lowest BCUT2D eigenvalue weighted by Crippen LogP contribution is -2.36. The third-order valence-electron chi connectivity index (χ3n) is 10.4. The summed E-state index contributed by atoms with van der Waals surface area (Å²) in [4.78, 5) is 52.1. The average Bonchev–Trinajstić information content (AvgIpc) is 3.30. The number of sulfonamides is 1. The fourth-order valence-electron chi connectivity index (χ4n) is 7.13. The molecule has 1 aliphatic rings. The molecule has 1 heterocycles. The van der Waals surface area contributed by atoms with E-state index in [0.29, 0.717) is 44.6 Å². The molecule has 0 aliphatic carbocycles. The van der Waals surface area contributed by atoms with E-state index in [0.717, 1.165) is 5.22 Å². The van der Waals surface area contributed by atoms with Gasteiger partial charge >= 0.3 is 23.9 Å². The summed E-state index contributed by atoms with van der Waals surface area (Å²) in [6.07, 6.45) is 0. The topological polar surface area (TPSA) is 238 Å². The smallest absolute Gasteiger partial charge is 0.325 e. The van der Waals surface area contributed by atoms with Crippen molar-refractivity contribution in [2.75, 3.05) is 93.8 Å². The number of nitrogens with zero attached hydrogens (tertiary/aromatic N) is 2. The normalized spacial score (nSPS) is 12.3. The molecule has 0 saturated heterocycles. The molecular weight excluding hydrogens is 875 g/mol. The summed E-state index contributed by atoms with van der Waals surface area (Å²) in [7, 11) is 0.224. The van der Waals surface area contributed by atoms with Crippen LogP contribution in [-0.4, -0.2) is 100 Å². The number of nitrogens with one attached hydrogen (secondary N) is 1. The van der Waals surface area contributed by atoms with Crippen molar-refractivity contribution in [3.8, 4) is 23.0 Å². The number of para-hydroxylation sites is 2. The monoisotopic (exact) mass is 923 g/mol. The molecule has 19 heteroatoms. The number of benzene rings is 5. The zero-order valence-electron chi connectivity index (χ0n) is 36.9. The van der Waals surface area contributed by atoms with E-state index >= 15 is 0 Å². The van der Waals surface area contributed by atoms with Crippen LogP contribution in [0.3, 0.4) is 0 Å². The Morgan fingerprint density at radius 2 is 1.14 bits per heavy atom. The lowest BCUT2D eigenvalue weighted by molar-refractivity contribution is -0.141. The van der Waals surface area contributed by atoms with E-state index in [9.17, 15) is 27.6 Å². The molecule has 0 amide bonds. The second-order valence-corrected chi connectivity index (χ2v) is 16.2. The summed E-state index contributed by atoms with van der Waals surface area (Å²) in [5.74, 6) is -2.01. The molecule has 5 aromatic carbocycles. The van der Waals surface area contributed by atoms with Crippen LogP contribution in [0.4, 0.5) is 28.4 Å². The molecule has 66 heavy (non-hydrogen) atoms. The van der Waals surface area contributed by atoms with Gasteiger partial charge in [-0.05, 0) is 65.9 Å². The number of hydrogen-bond acceptors (Lipinski definition) is 17. The molecular formula is C47H49N5O13S. The van der Waals surface area contributed by atoms with Crippen LogP contribution in [-0.2, 0) is 48.1 Å². The first-order chi connectivity index (χ1) is 31.6. The maximum Gasteiger partial charge on any atom is 0.325 e. The summed E-state index contributed by atoms with van der Waals surface area (Å²) in [5.41, 5.74) is 16.1. The maximum absolute atomic E-state index is 14.7.